The van der Waals surface area contributed by atoms with Crippen molar-refractivity contribution in [3.05, 3.63) is 11.6 Å². The van der Waals surface area contributed by atoms with Crippen LogP contribution in [0.25, 0.3) is 0 Å². The Morgan fingerprint density at radius 2 is 1.67 bits per heavy atom. The van der Waals surface area contributed by atoms with Crippen LogP contribution in [0.3, 0.4) is 0 Å². The number of hydrogen-bond donors (Lipinski definition) is 0. The molecule has 0 amide bonds. The van der Waals surface area contributed by atoms with Gasteiger partial charge in [0.15, 0.2) is 0 Å². The van der Waals surface area contributed by atoms with Crippen LogP contribution in [0.1, 0.15) is 143 Å². The molecule has 0 radical (unpaired) electrons. The lowest BCUT2D eigenvalue weighted by molar-refractivity contribution is -0.0421. The molecule has 3 saturated carbocycles. The molecular weight excluding hydrogens is 460 g/mol. The molecule has 0 bridgehead atoms. The van der Waals surface area contributed by atoms with Gasteiger partial charge in [-0.25, -0.2) is 4.79 Å². The number of unbranched alkanes of at least 4 members (excludes halogenated alkanes) is 7. The summed E-state index contributed by atoms with van der Waals surface area (Å²) in [6.45, 7) is 10.4. The fourth-order valence-electron chi connectivity index (χ4n) is 9.16. The minimum absolute atomic E-state index is 0.0372. The molecular formula is C33H56O2S. The van der Waals surface area contributed by atoms with Crippen molar-refractivity contribution in [2.45, 2.75) is 149 Å². The second-order valence-electron chi connectivity index (χ2n) is 13.4. The first kappa shape index (κ1) is 28.6. The molecule has 0 aromatic heterocycles. The van der Waals surface area contributed by atoms with Crippen LogP contribution in [0, 0.1) is 34.5 Å². The van der Waals surface area contributed by atoms with Crippen molar-refractivity contribution in [2.24, 2.45) is 34.5 Å². The van der Waals surface area contributed by atoms with Crippen LogP contribution in [-0.2, 0) is 4.74 Å². The Morgan fingerprint density at radius 1 is 0.917 bits per heavy atom. The minimum atomic E-state index is -0.0372. The summed E-state index contributed by atoms with van der Waals surface area (Å²) in [6.07, 6.45) is 26.8. The number of rotatable bonds is 12. The summed E-state index contributed by atoms with van der Waals surface area (Å²) in [4.78, 5) is 12.4. The summed E-state index contributed by atoms with van der Waals surface area (Å²) in [5.74, 6) is 3.69. The Kier molecular flexibility index (Phi) is 10.4. The van der Waals surface area contributed by atoms with E-state index in [2.05, 4.69) is 33.8 Å². The van der Waals surface area contributed by atoms with E-state index in [0.29, 0.717) is 22.7 Å². The zero-order valence-electron chi connectivity index (χ0n) is 24.1. The monoisotopic (exact) mass is 516 g/mol. The average molecular weight is 517 g/mol. The van der Waals surface area contributed by atoms with Crippen LogP contribution >= 0.6 is 11.8 Å². The Hall–Kier alpha value is -0.440. The van der Waals surface area contributed by atoms with E-state index >= 15 is 0 Å². The summed E-state index contributed by atoms with van der Waals surface area (Å²) in [5.41, 5.74) is 2.67. The molecule has 4 rings (SSSR count). The van der Waals surface area contributed by atoms with Gasteiger partial charge in [-0.05, 0) is 110 Å². The highest BCUT2D eigenvalue weighted by Gasteiger charge is 2.58. The van der Waals surface area contributed by atoms with E-state index in [1.54, 1.807) is 5.57 Å². The highest BCUT2D eigenvalue weighted by molar-refractivity contribution is 8.13. The Labute approximate surface area is 227 Å². The molecule has 206 valence electrons. The van der Waals surface area contributed by atoms with Crippen LogP contribution in [0.4, 0.5) is 4.79 Å². The smallest absolute Gasteiger partial charge is 0.367 e. The molecule has 4 aliphatic rings. The Bertz CT molecular complexity index is 746. The molecule has 3 heteroatoms. The molecule has 0 aromatic carbocycles. The third-order valence-electron chi connectivity index (χ3n) is 11.4. The van der Waals surface area contributed by atoms with E-state index < -0.39 is 0 Å². The molecule has 4 aliphatic carbocycles. The van der Waals surface area contributed by atoms with Gasteiger partial charge in [-0.3, -0.25) is 0 Å². The van der Waals surface area contributed by atoms with Gasteiger partial charge in [0.25, 0.3) is 0 Å². The third-order valence-corrected chi connectivity index (χ3v) is 12.4. The highest BCUT2D eigenvalue weighted by Crippen LogP contribution is 2.67. The standard InChI is InChI=1S/C33H56O2S/c1-5-7-9-10-11-12-14-25-16-18-29-28-17-15-26-24-27(36-31(34)35-23-13-8-6-2)19-21-33(26,4)30(28)20-22-32(25,29)3/h15,25,27-30H,5-14,16-24H2,1-4H3/t25-,27-,28-,29-,30-,32+,33-/m0/s1. The second kappa shape index (κ2) is 13.1. The quantitative estimate of drug-likeness (QED) is 0.146. The first-order chi connectivity index (χ1) is 17.4. The molecule has 0 heterocycles. The molecule has 3 fully saturated rings. The predicted octanol–water partition coefficient (Wildman–Crippen LogP) is 10.7. The zero-order valence-corrected chi connectivity index (χ0v) is 24.9. The normalized spacial score (nSPS) is 37.6. The molecule has 0 aromatic rings. The maximum atomic E-state index is 12.4. The molecule has 0 spiro atoms. The zero-order chi connectivity index (χ0) is 25.6. The first-order valence-corrected chi connectivity index (χ1v) is 16.8. The van der Waals surface area contributed by atoms with Crippen molar-refractivity contribution < 1.29 is 9.53 Å². The van der Waals surface area contributed by atoms with E-state index in [1.807, 2.05) is 0 Å². The molecule has 0 aliphatic heterocycles. The van der Waals surface area contributed by atoms with Crippen molar-refractivity contribution in [1.82, 2.24) is 0 Å². The predicted molar refractivity (Wildman–Crippen MR) is 155 cm³/mol. The topological polar surface area (TPSA) is 26.3 Å². The third kappa shape index (κ3) is 6.23. The fraction of sp³-hybridized carbons (Fsp3) is 0.909. The lowest BCUT2D eigenvalue weighted by atomic mass is 9.47. The van der Waals surface area contributed by atoms with Gasteiger partial charge in [-0.2, -0.15) is 0 Å². The van der Waals surface area contributed by atoms with Crippen molar-refractivity contribution >= 4 is 17.1 Å². The summed E-state index contributed by atoms with van der Waals surface area (Å²) >= 11 is 1.49. The van der Waals surface area contributed by atoms with Gasteiger partial charge in [0.05, 0.1) is 6.61 Å². The van der Waals surface area contributed by atoms with Crippen molar-refractivity contribution in [2.75, 3.05) is 6.61 Å². The van der Waals surface area contributed by atoms with Crippen LogP contribution in [0.15, 0.2) is 11.6 Å². The van der Waals surface area contributed by atoms with E-state index in [0.717, 1.165) is 42.9 Å². The lowest BCUT2D eigenvalue weighted by Gasteiger charge is -2.58. The fourth-order valence-corrected chi connectivity index (χ4v) is 10.1. The summed E-state index contributed by atoms with van der Waals surface area (Å²) < 4.78 is 5.52. The van der Waals surface area contributed by atoms with Crippen LogP contribution < -0.4 is 0 Å². The Morgan fingerprint density at radius 3 is 2.47 bits per heavy atom. The van der Waals surface area contributed by atoms with Gasteiger partial charge >= 0.3 is 5.30 Å². The van der Waals surface area contributed by atoms with E-state index in [9.17, 15) is 4.79 Å². The van der Waals surface area contributed by atoms with Crippen LogP contribution in [0.2, 0.25) is 0 Å². The molecule has 0 N–H and O–H groups in total. The summed E-state index contributed by atoms with van der Waals surface area (Å²) in [5, 5.41) is 0.381. The van der Waals surface area contributed by atoms with Crippen molar-refractivity contribution in [1.29, 1.82) is 0 Å². The molecule has 0 saturated heterocycles. The van der Waals surface area contributed by atoms with Crippen molar-refractivity contribution in [3.63, 3.8) is 0 Å². The number of fused-ring (bicyclic) bond motifs is 5. The number of allylic oxidation sites excluding steroid dienone is 2. The largest absolute Gasteiger partial charge is 0.458 e. The van der Waals surface area contributed by atoms with Crippen LogP contribution in [-0.4, -0.2) is 17.2 Å². The second-order valence-corrected chi connectivity index (χ2v) is 14.7. The van der Waals surface area contributed by atoms with Gasteiger partial charge in [-0.1, -0.05) is 90.7 Å². The average Bonchev–Trinajstić information content (AvgIpc) is 3.20. The van der Waals surface area contributed by atoms with Gasteiger partial charge in [0.2, 0.25) is 0 Å². The number of carbonyl (C=O) groups is 1. The molecule has 0 unspecified atom stereocenters. The number of thioether (sulfide) groups is 1. The minimum Gasteiger partial charge on any atom is -0.458 e. The first-order valence-electron chi connectivity index (χ1n) is 15.9. The maximum absolute atomic E-state index is 12.4. The van der Waals surface area contributed by atoms with E-state index in [-0.39, 0.29) is 5.30 Å². The number of ether oxygens (including phenoxy) is 1. The van der Waals surface area contributed by atoms with Crippen LogP contribution in [0.5, 0.6) is 0 Å². The van der Waals surface area contributed by atoms with E-state index in [1.165, 1.54) is 108 Å². The highest BCUT2D eigenvalue weighted by atomic mass is 32.2. The molecule has 7 atom stereocenters. The summed E-state index contributed by atoms with van der Waals surface area (Å²) in [6, 6.07) is 0. The van der Waals surface area contributed by atoms with E-state index in [4.69, 9.17) is 4.74 Å². The van der Waals surface area contributed by atoms with Gasteiger partial charge < -0.3 is 4.74 Å². The summed E-state index contributed by atoms with van der Waals surface area (Å²) in [7, 11) is 0. The molecule has 2 nitrogen and oxygen atoms in total. The lowest BCUT2D eigenvalue weighted by Crippen LogP contribution is -2.50. The molecule has 36 heavy (non-hydrogen) atoms. The van der Waals surface area contributed by atoms with Gasteiger partial charge in [-0.15, -0.1) is 0 Å². The van der Waals surface area contributed by atoms with Crippen molar-refractivity contribution in [3.8, 4) is 0 Å². The van der Waals surface area contributed by atoms with Gasteiger partial charge in [0.1, 0.15) is 0 Å². The number of carbonyl (C=O) groups excluding carboxylic acids is 1. The van der Waals surface area contributed by atoms with Gasteiger partial charge in [0, 0.05) is 5.25 Å². The Balaban J connectivity index is 1.31. The maximum Gasteiger partial charge on any atom is 0.367 e. The SMILES string of the molecule is CCCCCCCC[C@H]1CC[C@H]2[C@@H]3CC=C4C[C@@H](SC(=O)OCCCCC)CC[C@]4(C)[C@H]3CC[C@]12C. The number of hydrogen-bond acceptors (Lipinski definition) is 3.